The summed E-state index contributed by atoms with van der Waals surface area (Å²) in [5.41, 5.74) is 3.76. The van der Waals surface area contributed by atoms with Crippen LogP contribution in [0.3, 0.4) is 0 Å². The third-order valence-electron chi connectivity index (χ3n) is 6.23. The Labute approximate surface area is 207 Å². The Balaban J connectivity index is 0.00000361. The zero-order chi connectivity index (χ0) is 24.8. The first kappa shape index (κ1) is 24.1. The Morgan fingerprint density at radius 3 is 2.83 bits per heavy atom. The number of aromatic nitrogens is 2. The molecule has 2 aliphatic rings. The van der Waals surface area contributed by atoms with Crippen molar-refractivity contribution in [3.05, 3.63) is 89.6 Å². The lowest BCUT2D eigenvalue weighted by Crippen LogP contribution is -2.39. The number of hydrogen-bond donors (Lipinski definition) is 3. The maximum absolute atomic E-state index is 12.8. The van der Waals surface area contributed by atoms with Gasteiger partial charge in [-0.2, -0.15) is 0 Å². The standard InChI is InChI=1S/C27H31N7O.H2/c1-19(26(29)34-14-6-4-10-24(34)28)8-7-9-20(2)32-27(35)23-16-22-18-33(15-12-21(22)17-31-23)25-11-3-5-13-30-25;/h3,5,7-9,11,13,16-17,28-29H,2,4,6,10,12,14-15,18H2,1H3,(H,32,35);1H/b9-7-,19-8+,28-24?,29-26?;. The van der Waals surface area contributed by atoms with Crippen LogP contribution in [0.2, 0.25) is 0 Å². The van der Waals surface area contributed by atoms with Crippen molar-refractivity contribution in [1.82, 2.24) is 20.2 Å². The summed E-state index contributed by atoms with van der Waals surface area (Å²) >= 11 is 0. The van der Waals surface area contributed by atoms with Gasteiger partial charge in [0.05, 0.1) is 0 Å². The number of allylic oxidation sites excluding steroid dienone is 3. The van der Waals surface area contributed by atoms with E-state index < -0.39 is 0 Å². The molecule has 3 N–H and O–H groups in total. The molecule has 35 heavy (non-hydrogen) atoms. The highest BCUT2D eigenvalue weighted by Crippen LogP contribution is 2.23. The maximum Gasteiger partial charge on any atom is 0.274 e. The molecule has 0 radical (unpaired) electrons. The van der Waals surface area contributed by atoms with E-state index in [1.165, 1.54) is 0 Å². The molecular weight excluding hydrogens is 438 g/mol. The minimum atomic E-state index is -0.312. The summed E-state index contributed by atoms with van der Waals surface area (Å²) in [6.07, 6.45) is 12.4. The predicted octanol–water partition coefficient (Wildman–Crippen LogP) is 4.47. The first-order valence-electron chi connectivity index (χ1n) is 11.9. The van der Waals surface area contributed by atoms with E-state index in [1.807, 2.05) is 31.2 Å². The summed E-state index contributed by atoms with van der Waals surface area (Å²) in [5.74, 6) is 1.45. The van der Waals surface area contributed by atoms with Crippen molar-refractivity contribution in [3.8, 4) is 0 Å². The van der Waals surface area contributed by atoms with E-state index in [9.17, 15) is 4.79 Å². The van der Waals surface area contributed by atoms with Crippen molar-refractivity contribution in [2.24, 2.45) is 0 Å². The minimum Gasteiger partial charge on any atom is -0.352 e. The number of rotatable bonds is 6. The number of piperidine rings is 1. The number of amides is 1. The van der Waals surface area contributed by atoms with Crippen LogP contribution in [0.15, 0.2) is 72.7 Å². The van der Waals surface area contributed by atoms with Crippen LogP contribution in [-0.2, 0) is 13.0 Å². The molecule has 0 bridgehead atoms. The molecule has 0 spiro atoms. The van der Waals surface area contributed by atoms with Crippen LogP contribution in [0.1, 0.15) is 49.2 Å². The summed E-state index contributed by atoms with van der Waals surface area (Å²) in [6, 6.07) is 7.71. The van der Waals surface area contributed by atoms with E-state index in [0.29, 0.717) is 42.6 Å². The second kappa shape index (κ2) is 10.9. The highest BCUT2D eigenvalue weighted by atomic mass is 16.1. The SMILES string of the molecule is C=C(/C=C\C=C(/C)C(=N)N1CCCCC1=N)NC(=O)c1cc2c(cn1)CCN(c1ccccn1)C2.[HH]. The van der Waals surface area contributed by atoms with Gasteiger partial charge in [-0.1, -0.05) is 24.8 Å². The molecule has 4 heterocycles. The largest absolute Gasteiger partial charge is 0.352 e. The highest BCUT2D eigenvalue weighted by molar-refractivity contribution is 6.06. The number of nitrogens with zero attached hydrogens (tertiary/aromatic N) is 4. The van der Waals surface area contributed by atoms with Crippen LogP contribution in [0, 0.1) is 10.8 Å². The van der Waals surface area contributed by atoms with Crippen LogP contribution in [0.25, 0.3) is 0 Å². The Hall–Kier alpha value is -4.07. The molecule has 0 saturated carbocycles. The van der Waals surface area contributed by atoms with Gasteiger partial charge in [-0.3, -0.25) is 20.6 Å². The third-order valence-corrected chi connectivity index (χ3v) is 6.23. The number of nitrogens with one attached hydrogen (secondary N) is 3. The molecule has 1 saturated heterocycles. The molecule has 2 aliphatic heterocycles. The molecule has 0 unspecified atom stereocenters. The number of anilines is 1. The number of hydrogen-bond acceptors (Lipinski definition) is 6. The van der Waals surface area contributed by atoms with E-state index in [4.69, 9.17) is 10.8 Å². The van der Waals surface area contributed by atoms with E-state index >= 15 is 0 Å². The number of carbonyl (C=O) groups excluding carboxylic acids is 1. The average Bonchev–Trinajstić information content (AvgIpc) is 2.88. The number of carbonyl (C=O) groups is 1. The van der Waals surface area contributed by atoms with Crippen LogP contribution in [0.5, 0.6) is 0 Å². The summed E-state index contributed by atoms with van der Waals surface area (Å²) in [5, 5.41) is 19.2. The van der Waals surface area contributed by atoms with Crippen LogP contribution in [-0.4, -0.2) is 45.5 Å². The molecule has 182 valence electrons. The zero-order valence-electron chi connectivity index (χ0n) is 20.1. The van der Waals surface area contributed by atoms with Gasteiger partial charge in [0, 0.05) is 45.6 Å². The molecule has 1 amide bonds. The number of pyridine rings is 2. The van der Waals surface area contributed by atoms with Gasteiger partial charge in [0.25, 0.3) is 5.91 Å². The quantitative estimate of drug-likeness (QED) is 0.327. The van der Waals surface area contributed by atoms with Gasteiger partial charge >= 0.3 is 0 Å². The molecule has 0 aromatic carbocycles. The summed E-state index contributed by atoms with van der Waals surface area (Å²) in [4.78, 5) is 25.5. The van der Waals surface area contributed by atoms with E-state index in [1.54, 1.807) is 35.5 Å². The van der Waals surface area contributed by atoms with Gasteiger partial charge in [-0.25, -0.2) is 4.98 Å². The fraction of sp³-hybridized carbons (Fsp3) is 0.296. The number of amidine groups is 2. The van der Waals surface area contributed by atoms with Crippen LogP contribution >= 0.6 is 0 Å². The zero-order valence-corrected chi connectivity index (χ0v) is 20.1. The van der Waals surface area contributed by atoms with Gasteiger partial charge in [-0.15, -0.1) is 0 Å². The van der Waals surface area contributed by atoms with Gasteiger partial charge in [-0.05, 0) is 67.2 Å². The predicted molar refractivity (Wildman–Crippen MR) is 141 cm³/mol. The fourth-order valence-electron chi connectivity index (χ4n) is 4.23. The molecule has 2 aromatic rings. The van der Waals surface area contributed by atoms with Crippen molar-refractivity contribution in [1.29, 1.82) is 10.8 Å². The van der Waals surface area contributed by atoms with Gasteiger partial charge in [0.15, 0.2) is 0 Å². The summed E-state index contributed by atoms with van der Waals surface area (Å²) in [6.45, 7) is 8.02. The average molecular weight is 472 g/mol. The second-order valence-corrected chi connectivity index (χ2v) is 8.79. The Kier molecular flexibility index (Phi) is 7.50. The van der Waals surface area contributed by atoms with E-state index in [0.717, 1.165) is 48.3 Å². The van der Waals surface area contributed by atoms with Crippen molar-refractivity contribution >= 4 is 23.4 Å². The number of likely N-dealkylation sites (tertiary alicyclic amines) is 1. The Morgan fingerprint density at radius 1 is 1.20 bits per heavy atom. The first-order valence-corrected chi connectivity index (χ1v) is 11.9. The fourth-order valence-corrected chi connectivity index (χ4v) is 4.23. The van der Waals surface area contributed by atoms with Crippen molar-refractivity contribution in [3.63, 3.8) is 0 Å². The van der Waals surface area contributed by atoms with Gasteiger partial charge in [0.2, 0.25) is 0 Å². The normalized spacial score (nSPS) is 16.3. The van der Waals surface area contributed by atoms with Crippen molar-refractivity contribution in [2.75, 3.05) is 18.0 Å². The maximum atomic E-state index is 12.8. The summed E-state index contributed by atoms with van der Waals surface area (Å²) < 4.78 is 0. The second-order valence-electron chi connectivity index (χ2n) is 8.79. The van der Waals surface area contributed by atoms with Gasteiger partial charge < -0.3 is 15.1 Å². The lowest BCUT2D eigenvalue weighted by atomic mass is 10.0. The third kappa shape index (κ3) is 5.90. The lowest BCUT2D eigenvalue weighted by molar-refractivity contribution is 0.0962. The molecule has 8 nitrogen and oxygen atoms in total. The van der Waals surface area contributed by atoms with Crippen molar-refractivity contribution in [2.45, 2.75) is 39.2 Å². The smallest absolute Gasteiger partial charge is 0.274 e. The Bertz CT molecular complexity index is 1210. The summed E-state index contributed by atoms with van der Waals surface area (Å²) in [7, 11) is 0. The molecule has 0 aliphatic carbocycles. The topological polar surface area (TPSA) is 109 Å². The van der Waals surface area contributed by atoms with Crippen molar-refractivity contribution < 1.29 is 6.22 Å². The lowest BCUT2D eigenvalue weighted by Gasteiger charge is -2.29. The minimum absolute atomic E-state index is 0. The Morgan fingerprint density at radius 2 is 2.06 bits per heavy atom. The molecular formula is C27H33N7O. The first-order chi connectivity index (χ1) is 16.9. The van der Waals surface area contributed by atoms with Gasteiger partial charge in [0.1, 0.15) is 23.2 Å². The molecule has 0 atom stereocenters. The molecule has 2 aromatic heterocycles. The van der Waals surface area contributed by atoms with E-state index in [-0.39, 0.29) is 7.33 Å². The number of fused-ring (bicyclic) bond motifs is 1. The monoisotopic (exact) mass is 471 g/mol. The highest BCUT2D eigenvalue weighted by Gasteiger charge is 2.21. The molecule has 1 fully saturated rings. The van der Waals surface area contributed by atoms with Crippen LogP contribution < -0.4 is 10.2 Å². The van der Waals surface area contributed by atoms with Crippen LogP contribution in [0.4, 0.5) is 5.82 Å². The molecule has 8 heteroatoms. The molecule has 4 rings (SSSR count). The van der Waals surface area contributed by atoms with E-state index in [2.05, 4.69) is 26.8 Å².